The highest BCUT2D eigenvalue weighted by atomic mass is 35.5. The number of carbonyl (C=O) groups is 3. The summed E-state index contributed by atoms with van der Waals surface area (Å²) in [6, 6.07) is 16.4. The van der Waals surface area contributed by atoms with E-state index >= 15 is 0 Å². The fourth-order valence-electron chi connectivity index (χ4n) is 3.14. The number of carbonyl (C=O) groups excluding carboxylic acids is 3. The number of aryl methyl sites for hydroxylation is 1. The highest BCUT2D eigenvalue weighted by Gasteiger charge is 2.18. The van der Waals surface area contributed by atoms with Crippen LogP contribution in [0, 0.1) is 6.92 Å². The largest absolute Gasteiger partial charge is 0.321 e. The molecule has 0 radical (unpaired) electrons. The molecule has 3 N–H and O–H groups in total. The molecule has 4 rings (SSSR count). The summed E-state index contributed by atoms with van der Waals surface area (Å²) < 4.78 is 0.934. The van der Waals surface area contributed by atoms with Gasteiger partial charge in [0.05, 0.1) is 15.6 Å². The van der Waals surface area contributed by atoms with Crippen molar-refractivity contribution in [3.05, 3.63) is 97.3 Å². The van der Waals surface area contributed by atoms with Gasteiger partial charge in [0.1, 0.15) is 4.88 Å². The second kappa shape index (κ2) is 10.0. The maximum atomic E-state index is 12.7. The fourth-order valence-corrected chi connectivity index (χ4v) is 5.14. The van der Waals surface area contributed by atoms with Crippen molar-refractivity contribution in [3.63, 3.8) is 0 Å². The van der Waals surface area contributed by atoms with Gasteiger partial charge in [0.2, 0.25) is 0 Å². The van der Waals surface area contributed by atoms with E-state index in [1.165, 1.54) is 41.7 Å². The van der Waals surface area contributed by atoms with Crippen LogP contribution < -0.4 is 16.2 Å². The maximum absolute atomic E-state index is 12.7. The minimum atomic E-state index is -0.589. The van der Waals surface area contributed by atoms with Crippen molar-refractivity contribution in [1.82, 2.24) is 10.9 Å². The third-order valence-electron chi connectivity index (χ3n) is 4.86. The number of halogens is 3. The lowest BCUT2D eigenvalue weighted by Crippen LogP contribution is -2.41. The SMILES string of the molecule is Cc1ccc2c(Cl)c(C(=O)Nc3ccc(C(=O)NNC(=O)c4ccc(Cl)cc4Cl)cc3)sc2c1. The summed E-state index contributed by atoms with van der Waals surface area (Å²) in [5.74, 6) is -1.47. The number of fused-ring (bicyclic) bond motifs is 1. The molecule has 6 nitrogen and oxygen atoms in total. The molecule has 3 amide bonds. The lowest BCUT2D eigenvalue weighted by atomic mass is 10.2. The molecule has 0 aliphatic carbocycles. The van der Waals surface area contributed by atoms with E-state index in [0.717, 1.165) is 15.6 Å². The van der Waals surface area contributed by atoms with Gasteiger partial charge in [0.25, 0.3) is 17.7 Å². The molecular weight excluding hydrogens is 517 g/mol. The summed E-state index contributed by atoms with van der Waals surface area (Å²) in [5, 5.41) is 4.57. The van der Waals surface area contributed by atoms with Crippen LogP contribution in [0.25, 0.3) is 10.1 Å². The first kappa shape index (κ1) is 24.0. The molecule has 4 aromatic rings. The van der Waals surface area contributed by atoms with E-state index in [4.69, 9.17) is 34.8 Å². The second-order valence-electron chi connectivity index (χ2n) is 7.31. The molecule has 10 heteroatoms. The number of hydrazine groups is 1. The highest BCUT2D eigenvalue weighted by Crippen LogP contribution is 2.36. The van der Waals surface area contributed by atoms with Crippen molar-refractivity contribution in [2.75, 3.05) is 5.32 Å². The Morgan fingerprint density at radius 1 is 0.794 bits per heavy atom. The van der Waals surface area contributed by atoms with Crippen LogP contribution in [0.4, 0.5) is 5.69 Å². The van der Waals surface area contributed by atoms with E-state index in [2.05, 4.69) is 16.2 Å². The maximum Gasteiger partial charge on any atom is 0.271 e. The Kier molecular flexibility index (Phi) is 7.09. The molecule has 3 aromatic carbocycles. The molecule has 34 heavy (non-hydrogen) atoms. The van der Waals surface area contributed by atoms with Crippen LogP contribution in [-0.4, -0.2) is 17.7 Å². The van der Waals surface area contributed by atoms with Crippen LogP contribution in [-0.2, 0) is 0 Å². The Bertz CT molecular complexity index is 1430. The van der Waals surface area contributed by atoms with Gasteiger partial charge >= 0.3 is 0 Å². The van der Waals surface area contributed by atoms with Crippen molar-refractivity contribution in [3.8, 4) is 0 Å². The van der Waals surface area contributed by atoms with Gasteiger partial charge in [-0.15, -0.1) is 11.3 Å². The smallest absolute Gasteiger partial charge is 0.271 e. The van der Waals surface area contributed by atoms with Crippen LogP contribution in [0.5, 0.6) is 0 Å². The van der Waals surface area contributed by atoms with Gasteiger partial charge in [-0.05, 0) is 61.0 Å². The summed E-state index contributed by atoms with van der Waals surface area (Å²) >= 11 is 19.5. The third-order valence-corrected chi connectivity index (χ3v) is 7.07. The molecule has 0 spiro atoms. The average molecular weight is 533 g/mol. The van der Waals surface area contributed by atoms with Crippen LogP contribution in [0.1, 0.15) is 36.0 Å². The number of rotatable bonds is 4. The van der Waals surface area contributed by atoms with Gasteiger partial charge in [-0.2, -0.15) is 0 Å². The minimum Gasteiger partial charge on any atom is -0.321 e. The number of hydrogen-bond acceptors (Lipinski definition) is 4. The Morgan fingerprint density at radius 3 is 2.21 bits per heavy atom. The Balaban J connectivity index is 1.39. The topological polar surface area (TPSA) is 87.3 Å². The quantitative estimate of drug-likeness (QED) is 0.262. The van der Waals surface area contributed by atoms with E-state index < -0.39 is 11.8 Å². The van der Waals surface area contributed by atoms with E-state index in [-0.39, 0.29) is 22.1 Å². The average Bonchev–Trinajstić information content (AvgIpc) is 3.13. The first-order valence-electron chi connectivity index (χ1n) is 9.89. The fraction of sp³-hybridized carbons (Fsp3) is 0.0417. The number of anilines is 1. The van der Waals surface area contributed by atoms with Gasteiger partial charge in [-0.1, -0.05) is 46.9 Å². The van der Waals surface area contributed by atoms with Gasteiger partial charge < -0.3 is 5.32 Å². The summed E-state index contributed by atoms with van der Waals surface area (Å²) in [7, 11) is 0. The molecule has 0 saturated carbocycles. The van der Waals surface area contributed by atoms with Crippen LogP contribution in [0.2, 0.25) is 15.1 Å². The number of amides is 3. The zero-order valence-corrected chi connectivity index (χ0v) is 20.6. The molecule has 0 atom stereocenters. The molecule has 0 aliphatic rings. The molecule has 1 aromatic heterocycles. The van der Waals surface area contributed by atoms with Gasteiger partial charge in [-0.25, -0.2) is 0 Å². The summed E-state index contributed by atoms with van der Waals surface area (Å²) in [4.78, 5) is 37.7. The molecule has 0 unspecified atom stereocenters. The number of hydrogen-bond donors (Lipinski definition) is 3. The van der Waals surface area contributed by atoms with Gasteiger partial charge in [0, 0.05) is 26.4 Å². The van der Waals surface area contributed by atoms with Crippen molar-refractivity contribution in [2.45, 2.75) is 6.92 Å². The van der Waals surface area contributed by atoms with Crippen molar-refractivity contribution >= 4 is 79.6 Å². The minimum absolute atomic E-state index is 0.160. The molecule has 0 saturated heterocycles. The third kappa shape index (κ3) is 5.18. The Hall–Kier alpha value is -3.10. The highest BCUT2D eigenvalue weighted by molar-refractivity contribution is 7.21. The zero-order valence-electron chi connectivity index (χ0n) is 17.5. The molecule has 172 valence electrons. The zero-order chi connectivity index (χ0) is 24.4. The van der Waals surface area contributed by atoms with Crippen molar-refractivity contribution in [1.29, 1.82) is 0 Å². The van der Waals surface area contributed by atoms with Gasteiger partial charge in [-0.3, -0.25) is 25.2 Å². The lowest BCUT2D eigenvalue weighted by Gasteiger charge is -2.09. The standard InChI is InChI=1S/C24H16Cl3N3O3S/c1-12-2-8-17-19(10-12)34-21(20(17)27)24(33)28-15-6-3-13(4-7-15)22(31)29-30-23(32)16-9-5-14(25)11-18(16)26/h2-11H,1H3,(H,28,33)(H,29,31)(H,30,32). The molecule has 0 bridgehead atoms. The normalized spacial score (nSPS) is 10.7. The summed E-state index contributed by atoms with van der Waals surface area (Å²) in [6.07, 6.45) is 0. The van der Waals surface area contributed by atoms with Crippen LogP contribution >= 0.6 is 46.1 Å². The van der Waals surface area contributed by atoms with Crippen LogP contribution in [0.15, 0.2) is 60.7 Å². The van der Waals surface area contributed by atoms with E-state index in [0.29, 0.717) is 20.6 Å². The monoisotopic (exact) mass is 531 g/mol. The molecule has 0 aliphatic heterocycles. The number of nitrogens with one attached hydrogen (secondary N) is 3. The number of benzene rings is 3. The van der Waals surface area contributed by atoms with E-state index in [1.807, 2.05) is 25.1 Å². The van der Waals surface area contributed by atoms with Crippen LogP contribution in [0.3, 0.4) is 0 Å². The lowest BCUT2D eigenvalue weighted by molar-refractivity contribution is 0.0847. The van der Waals surface area contributed by atoms with Crippen molar-refractivity contribution in [2.24, 2.45) is 0 Å². The molecular formula is C24H16Cl3N3O3S. The Labute approximate surface area is 213 Å². The molecule has 0 fully saturated rings. The Morgan fingerprint density at radius 2 is 1.50 bits per heavy atom. The van der Waals surface area contributed by atoms with Gasteiger partial charge in [0.15, 0.2) is 0 Å². The predicted molar refractivity (Wildman–Crippen MR) is 137 cm³/mol. The first-order valence-corrected chi connectivity index (χ1v) is 11.8. The van der Waals surface area contributed by atoms with E-state index in [1.54, 1.807) is 12.1 Å². The van der Waals surface area contributed by atoms with E-state index in [9.17, 15) is 14.4 Å². The first-order chi connectivity index (χ1) is 16.2. The van der Waals surface area contributed by atoms with Crippen molar-refractivity contribution < 1.29 is 14.4 Å². The summed E-state index contributed by atoms with van der Waals surface area (Å²) in [6.45, 7) is 1.97. The predicted octanol–water partition coefficient (Wildman–Crippen LogP) is 6.50. The number of thiophene rings is 1. The second-order valence-corrected chi connectivity index (χ2v) is 9.58. The summed E-state index contributed by atoms with van der Waals surface area (Å²) in [5.41, 5.74) is 6.63. The molecule has 1 heterocycles.